The van der Waals surface area contributed by atoms with Gasteiger partial charge in [0, 0.05) is 24.8 Å². The standard InChI is InChI=1S/C23H31FN6O3/c1-11(2)21(31)33-20-17(24)19(25-16-5-12(3)28-29-16)26-22(27-20)30(4)18-14-6-13-7-15(18)10-23(32,8-13)9-14/h5,11,13-15,18,32H,6-10H2,1-4H3,(H2,25,26,27,28,29). The Balaban J connectivity index is 1.49. The van der Waals surface area contributed by atoms with Crippen LogP contribution in [0.1, 0.15) is 51.6 Å². The predicted octanol–water partition coefficient (Wildman–Crippen LogP) is 3.33. The van der Waals surface area contributed by atoms with Crippen LogP contribution >= 0.6 is 0 Å². The molecule has 178 valence electrons. The highest BCUT2D eigenvalue weighted by atomic mass is 19.1. The number of carbonyl (C=O) groups excluding carboxylic acids is 1. The first-order valence-corrected chi connectivity index (χ1v) is 11.7. The van der Waals surface area contributed by atoms with Gasteiger partial charge >= 0.3 is 5.97 Å². The average molecular weight is 459 g/mol. The number of aromatic amines is 1. The van der Waals surface area contributed by atoms with E-state index in [0.29, 0.717) is 23.6 Å². The number of hydrogen-bond acceptors (Lipinski definition) is 8. The molecular weight excluding hydrogens is 427 g/mol. The van der Waals surface area contributed by atoms with Crippen LogP contribution in [0.15, 0.2) is 6.07 Å². The molecule has 2 aromatic heterocycles. The molecule has 4 aliphatic carbocycles. The lowest BCUT2D eigenvalue weighted by Crippen LogP contribution is -2.61. The van der Waals surface area contributed by atoms with Gasteiger partial charge in [-0.05, 0) is 56.8 Å². The largest absolute Gasteiger partial charge is 0.404 e. The van der Waals surface area contributed by atoms with E-state index in [1.54, 1.807) is 19.9 Å². The summed E-state index contributed by atoms with van der Waals surface area (Å²) in [6.45, 7) is 5.20. The predicted molar refractivity (Wildman–Crippen MR) is 120 cm³/mol. The molecule has 6 rings (SSSR count). The second-order valence-electron chi connectivity index (χ2n) is 10.4. The third-order valence-corrected chi connectivity index (χ3v) is 7.38. The smallest absolute Gasteiger partial charge is 0.315 e. The Hall–Kier alpha value is -2.75. The highest BCUT2D eigenvalue weighted by Crippen LogP contribution is 2.57. The van der Waals surface area contributed by atoms with Gasteiger partial charge in [0.05, 0.1) is 11.5 Å². The number of nitrogens with one attached hydrogen (secondary N) is 2. The van der Waals surface area contributed by atoms with E-state index in [4.69, 9.17) is 4.74 Å². The molecule has 0 aromatic carbocycles. The summed E-state index contributed by atoms with van der Waals surface area (Å²) >= 11 is 0. The lowest BCUT2D eigenvalue weighted by atomic mass is 9.52. The Morgan fingerprint density at radius 3 is 2.58 bits per heavy atom. The lowest BCUT2D eigenvalue weighted by molar-refractivity contribution is -0.138. The molecule has 2 unspecified atom stereocenters. The van der Waals surface area contributed by atoms with Crippen LogP contribution in [-0.2, 0) is 4.79 Å². The minimum atomic E-state index is -0.846. The summed E-state index contributed by atoms with van der Waals surface area (Å²) in [6.07, 6.45) is 4.58. The molecule has 0 spiro atoms. The molecule has 0 aliphatic heterocycles. The van der Waals surface area contributed by atoms with Crippen LogP contribution in [0, 0.1) is 36.4 Å². The number of aliphatic hydroxyl groups is 1. The molecule has 3 N–H and O–H groups in total. The van der Waals surface area contributed by atoms with Crippen LogP contribution < -0.4 is 15.0 Å². The van der Waals surface area contributed by atoms with Gasteiger partial charge in [0.15, 0.2) is 11.6 Å². The quantitative estimate of drug-likeness (QED) is 0.565. The number of ether oxygens (including phenoxy) is 1. The average Bonchev–Trinajstić information content (AvgIpc) is 3.13. The van der Waals surface area contributed by atoms with Crippen molar-refractivity contribution in [2.75, 3.05) is 17.3 Å². The molecule has 0 amide bonds. The van der Waals surface area contributed by atoms with Gasteiger partial charge in [-0.2, -0.15) is 19.5 Å². The van der Waals surface area contributed by atoms with Crippen LogP contribution in [0.25, 0.3) is 0 Å². The first kappa shape index (κ1) is 22.1. The van der Waals surface area contributed by atoms with Gasteiger partial charge in [0.1, 0.15) is 0 Å². The van der Waals surface area contributed by atoms with E-state index < -0.39 is 29.2 Å². The lowest BCUT2D eigenvalue weighted by Gasteiger charge is -2.59. The van der Waals surface area contributed by atoms with Crippen molar-refractivity contribution in [3.8, 4) is 5.88 Å². The number of esters is 1. The van der Waals surface area contributed by atoms with E-state index >= 15 is 4.39 Å². The zero-order chi connectivity index (χ0) is 23.5. The highest BCUT2D eigenvalue weighted by molar-refractivity contribution is 5.74. The van der Waals surface area contributed by atoms with Crippen LogP contribution in [-0.4, -0.2) is 49.9 Å². The molecule has 2 aromatic rings. The number of hydrogen-bond donors (Lipinski definition) is 3. The monoisotopic (exact) mass is 458 g/mol. The minimum Gasteiger partial charge on any atom is -0.404 e. The van der Waals surface area contributed by atoms with Crippen LogP contribution in [0.2, 0.25) is 0 Å². The Morgan fingerprint density at radius 2 is 2.00 bits per heavy atom. The number of anilines is 3. The molecule has 10 heteroatoms. The molecular formula is C23H31FN6O3. The summed E-state index contributed by atoms with van der Waals surface area (Å²) in [4.78, 5) is 23.0. The number of rotatable bonds is 6. The van der Waals surface area contributed by atoms with Crippen molar-refractivity contribution in [1.82, 2.24) is 20.2 Å². The summed E-state index contributed by atoms with van der Waals surface area (Å²) in [5.41, 5.74) is 0.252. The van der Waals surface area contributed by atoms with Crippen molar-refractivity contribution in [2.45, 2.75) is 64.5 Å². The van der Waals surface area contributed by atoms with E-state index in [1.165, 1.54) is 0 Å². The molecule has 0 radical (unpaired) electrons. The fourth-order valence-electron chi connectivity index (χ4n) is 6.26. The Morgan fingerprint density at radius 1 is 1.30 bits per heavy atom. The summed E-state index contributed by atoms with van der Waals surface area (Å²) in [5.74, 6) is -0.459. The molecule has 0 saturated heterocycles. The molecule has 2 atom stereocenters. The maximum absolute atomic E-state index is 15.3. The summed E-state index contributed by atoms with van der Waals surface area (Å²) in [6, 6.07) is 1.87. The van der Waals surface area contributed by atoms with Crippen molar-refractivity contribution in [2.24, 2.45) is 23.7 Å². The second-order valence-corrected chi connectivity index (χ2v) is 10.4. The summed E-state index contributed by atoms with van der Waals surface area (Å²) in [7, 11) is 1.90. The van der Waals surface area contributed by atoms with Gasteiger partial charge < -0.3 is 20.1 Å². The summed E-state index contributed by atoms with van der Waals surface area (Å²) < 4.78 is 20.6. The van der Waals surface area contributed by atoms with E-state index in [1.807, 2.05) is 18.9 Å². The van der Waals surface area contributed by atoms with Crippen LogP contribution in [0.5, 0.6) is 5.88 Å². The number of halogens is 1. The maximum atomic E-state index is 15.3. The molecule has 4 bridgehead atoms. The van der Waals surface area contributed by atoms with Crippen molar-refractivity contribution in [3.05, 3.63) is 17.6 Å². The first-order chi connectivity index (χ1) is 15.6. The van der Waals surface area contributed by atoms with E-state index in [2.05, 4.69) is 25.5 Å². The van der Waals surface area contributed by atoms with Gasteiger partial charge in [-0.3, -0.25) is 9.89 Å². The van der Waals surface area contributed by atoms with Crippen LogP contribution in [0.3, 0.4) is 0 Å². The SMILES string of the molecule is Cc1cc(Nc2nc(N(C)C3C4CC5CC3CC(O)(C5)C4)nc(OC(=O)C(C)C)c2F)n[nH]1. The second kappa shape index (κ2) is 7.93. The zero-order valence-corrected chi connectivity index (χ0v) is 19.4. The molecule has 9 nitrogen and oxygen atoms in total. The molecule has 4 aliphatic rings. The van der Waals surface area contributed by atoms with E-state index in [9.17, 15) is 9.90 Å². The number of aryl methyl sites for hydroxylation is 1. The third-order valence-electron chi connectivity index (χ3n) is 7.38. The Bertz CT molecular complexity index is 1060. The van der Waals surface area contributed by atoms with Crippen molar-refractivity contribution in [1.29, 1.82) is 0 Å². The van der Waals surface area contributed by atoms with Gasteiger partial charge in [-0.25, -0.2) is 0 Å². The number of aromatic nitrogens is 4. The zero-order valence-electron chi connectivity index (χ0n) is 19.4. The highest BCUT2D eigenvalue weighted by Gasteiger charge is 2.56. The van der Waals surface area contributed by atoms with Crippen molar-refractivity contribution < 1.29 is 19.0 Å². The fourth-order valence-corrected chi connectivity index (χ4v) is 6.26. The molecule has 4 fully saturated rings. The van der Waals surface area contributed by atoms with Crippen molar-refractivity contribution >= 4 is 23.6 Å². The fraction of sp³-hybridized carbons (Fsp3) is 0.652. The minimum absolute atomic E-state index is 0.104. The third kappa shape index (κ3) is 4.05. The molecule has 4 saturated carbocycles. The van der Waals surface area contributed by atoms with Gasteiger partial charge in [-0.15, -0.1) is 0 Å². The van der Waals surface area contributed by atoms with Gasteiger partial charge in [0.25, 0.3) is 5.88 Å². The number of carbonyl (C=O) groups is 1. The Labute approximate surface area is 192 Å². The Kier molecular flexibility index (Phi) is 5.30. The normalized spacial score (nSPS) is 30.0. The topological polar surface area (TPSA) is 116 Å². The summed E-state index contributed by atoms with van der Waals surface area (Å²) in [5, 5.41) is 20.7. The van der Waals surface area contributed by atoms with Crippen LogP contribution in [0.4, 0.5) is 22.0 Å². The van der Waals surface area contributed by atoms with Crippen molar-refractivity contribution in [3.63, 3.8) is 0 Å². The van der Waals surface area contributed by atoms with E-state index in [-0.39, 0.29) is 17.8 Å². The number of H-pyrrole nitrogens is 1. The van der Waals surface area contributed by atoms with Gasteiger partial charge in [-0.1, -0.05) is 13.8 Å². The molecule has 33 heavy (non-hydrogen) atoms. The first-order valence-electron chi connectivity index (χ1n) is 11.7. The van der Waals surface area contributed by atoms with E-state index in [0.717, 1.165) is 37.8 Å². The van der Waals surface area contributed by atoms with Gasteiger partial charge in [0.2, 0.25) is 11.8 Å². The number of nitrogens with zero attached hydrogens (tertiary/aromatic N) is 4. The maximum Gasteiger partial charge on any atom is 0.315 e. The molecule has 2 heterocycles.